The number of carbonyl (C=O) groups is 1. The van der Waals surface area contributed by atoms with Gasteiger partial charge in [-0.1, -0.05) is 36.4 Å². The van der Waals surface area contributed by atoms with Crippen LogP contribution in [0.3, 0.4) is 0 Å². The molecule has 0 atom stereocenters. The van der Waals surface area contributed by atoms with Crippen molar-refractivity contribution in [1.82, 2.24) is 10.3 Å². The van der Waals surface area contributed by atoms with E-state index in [1.54, 1.807) is 20.1 Å². The van der Waals surface area contributed by atoms with Gasteiger partial charge in [0.2, 0.25) is 5.91 Å². The molecule has 3 aromatic heterocycles. The summed E-state index contributed by atoms with van der Waals surface area (Å²) in [6.07, 6.45) is 2.65. The molecule has 0 radical (unpaired) electrons. The standard InChI is InChI=1S/C31H26N2O5/c1-18-13-27-29(31(35)37-18)25(16-28(34)32-12-11-22-17-33-26-6-4-3-5-24(22)26)30(38-27)21-8-7-20-15-23(36-2)10-9-19(20)14-21/h3-10,13-15,17,33H,11-12,16H2,1-2H3,(H,32,34). The van der Waals surface area contributed by atoms with E-state index in [1.807, 2.05) is 60.8 Å². The molecule has 0 unspecified atom stereocenters. The molecule has 3 aromatic carbocycles. The van der Waals surface area contributed by atoms with Gasteiger partial charge in [-0.3, -0.25) is 4.79 Å². The number of fused-ring (bicyclic) bond motifs is 3. The fourth-order valence-electron chi connectivity index (χ4n) is 5.01. The van der Waals surface area contributed by atoms with Gasteiger partial charge in [-0.05, 0) is 53.9 Å². The van der Waals surface area contributed by atoms with Crippen LogP contribution in [0.15, 0.2) is 86.6 Å². The van der Waals surface area contributed by atoms with E-state index < -0.39 is 5.63 Å². The number of aromatic amines is 1. The van der Waals surface area contributed by atoms with Crippen molar-refractivity contribution in [1.29, 1.82) is 0 Å². The van der Waals surface area contributed by atoms with Crippen LogP contribution in [-0.4, -0.2) is 24.5 Å². The van der Waals surface area contributed by atoms with Gasteiger partial charge < -0.3 is 23.9 Å². The molecule has 0 aliphatic heterocycles. The molecule has 38 heavy (non-hydrogen) atoms. The highest BCUT2D eigenvalue weighted by molar-refractivity contribution is 5.95. The first-order valence-electron chi connectivity index (χ1n) is 12.5. The molecule has 0 fully saturated rings. The van der Waals surface area contributed by atoms with Crippen LogP contribution in [0.5, 0.6) is 5.75 Å². The number of benzene rings is 3. The molecule has 6 aromatic rings. The second-order valence-corrected chi connectivity index (χ2v) is 9.36. The molecule has 0 saturated carbocycles. The predicted octanol–water partition coefficient (Wildman–Crippen LogP) is 5.91. The highest BCUT2D eigenvalue weighted by Crippen LogP contribution is 2.35. The van der Waals surface area contributed by atoms with Gasteiger partial charge in [0.15, 0.2) is 0 Å². The molecule has 1 amide bonds. The summed E-state index contributed by atoms with van der Waals surface area (Å²) in [5, 5.41) is 6.44. The topological polar surface area (TPSA) is 97.5 Å². The van der Waals surface area contributed by atoms with E-state index in [4.69, 9.17) is 13.6 Å². The van der Waals surface area contributed by atoms with Crippen molar-refractivity contribution in [2.75, 3.05) is 13.7 Å². The van der Waals surface area contributed by atoms with Crippen LogP contribution in [0.4, 0.5) is 0 Å². The predicted molar refractivity (Wildman–Crippen MR) is 148 cm³/mol. The first-order chi connectivity index (χ1) is 18.5. The van der Waals surface area contributed by atoms with Crippen LogP contribution in [0.25, 0.3) is 44.0 Å². The van der Waals surface area contributed by atoms with Gasteiger partial charge in [-0.15, -0.1) is 0 Å². The molecule has 6 rings (SSSR count). The third-order valence-electron chi connectivity index (χ3n) is 6.86. The van der Waals surface area contributed by atoms with E-state index >= 15 is 0 Å². The molecule has 7 nitrogen and oxygen atoms in total. The van der Waals surface area contributed by atoms with E-state index in [2.05, 4.69) is 16.4 Å². The summed E-state index contributed by atoms with van der Waals surface area (Å²) < 4.78 is 16.9. The molecular formula is C31H26N2O5. The van der Waals surface area contributed by atoms with Crippen LogP contribution >= 0.6 is 0 Å². The number of methoxy groups -OCH3 is 1. The molecule has 7 heteroatoms. The van der Waals surface area contributed by atoms with Crippen LogP contribution < -0.4 is 15.7 Å². The Morgan fingerprint density at radius 3 is 2.68 bits per heavy atom. The Labute approximate surface area is 218 Å². The summed E-state index contributed by atoms with van der Waals surface area (Å²) in [5.74, 6) is 1.51. The second-order valence-electron chi connectivity index (χ2n) is 9.36. The maximum atomic E-state index is 13.1. The summed E-state index contributed by atoms with van der Waals surface area (Å²) in [4.78, 5) is 29.2. The zero-order valence-electron chi connectivity index (χ0n) is 21.1. The molecular weight excluding hydrogens is 480 g/mol. The lowest BCUT2D eigenvalue weighted by Gasteiger charge is -2.08. The number of nitrogens with one attached hydrogen (secondary N) is 2. The number of amides is 1. The third kappa shape index (κ3) is 4.32. The van der Waals surface area contributed by atoms with Crippen LogP contribution in [0.1, 0.15) is 16.9 Å². The number of aromatic nitrogens is 1. The lowest BCUT2D eigenvalue weighted by molar-refractivity contribution is -0.120. The minimum atomic E-state index is -0.512. The largest absolute Gasteiger partial charge is 0.497 e. The number of ether oxygens (including phenoxy) is 1. The Kier molecular flexibility index (Phi) is 5.96. The van der Waals surface area contributed by atoms with Crippen LogP contribution in [0.2, 0.25) is 0 Å². The van der Waals surface area contributed by atoms with E-state index in [0.717, 1.165) is 38.6 Å². The maximum Gasteiger partial charge on any atom is 0.347 e. The number of hydrogen-bond donors (Lipinski definition) is 2. The number of aryl methyl sites for hydroxylation is 1. The van der Waals surface area contributed by atoms with Crippen molar-refractivity contribution in [3.63, 3.8) is 0 Å². The van der Waals surface area contributed by atoms with E-state index in [0.29, 0.717) is 41.0 Å². The van der Waals surface area contributed by atoms with Gasteiger partial charge in [-0.25, -0.2) is 4.79 Å². The van der Waals surface area contributed by atoms with E-state index in [1.165, 1.54) is 0 Å². The van der Waals surface area contributed by atoms with Gasteiger partial charge in [0.1, 0.15) is 28.2 Å². The average molecular weight is 507 g/mol. The van der Waals surface area contributed by atoms with Crippen LogP contribution in [-0.2, 0) is 17.6 Å². The number of rotatable bonds is 7. The zero-order chi connectivity index (χ0) is 26.2. The summed E-state index contributed by atoms with van der Waals surface area (Å²) in [6.45, 7) is 2.17. The fraction of sp³-hybridized carbons (Fsp3) is 0.161. The zero-order valence-corrected chi connectivity index (χ0v) is 21.1. The lowest BCUT2D eigenvalue weighted by Crippen LogP contribution is -2.27. The minimum absolute atomic E-state index is 0.00924. The number of H-pyrrole nitrogens is 1. The number of para-hydroxylation sites is 1. The number of carbonyl (C=O) groups excluding carboxylic acids is 1. The average Bonchev–Trinajstić information content (AvgIpc) is 3.49. The SMILES string of the molecule is COc1ccc2cc(-c3oc4cc(C)oc(=O)c4c3CC(=O)NCCc3c[nH]c4ccccc34)ccc2c1. The fourth-order valence-corrected chi connectivity index (χ4v) is 5.01. The second kappa shape index (κ2) is 9.59. The summed E-state index contributed by atoms with van der Waals surface area (Å²) in [5.41, 5.74) is 3.40. The Balaban J connectivity index is 1.30. The van der Waals surface area contributed by atoms with E-state index in [9.17, 15) is 9.59 Å². The number of furan rings is 1. The van der Waals surface area contributed by atoms with Crippen molar-refractivity contribution in [2.45, 2.75) is 19.8 Å². The maximum absolute atomic E-state index is 13.1. The normalized spacial score (nSPS) is 11.4. The Bertz CT molecular complexity index is 1870. The first kappa shape index (κ1) is 23.6. The quantitative estimate of drug-likeness (QED) is 0.281. The first-order valence-corrected chi connectivity index (χ1v) is 12.5. The Morgan fingerprint density at radius 1 is 1.00 bits per heavy atom. The smallest absolute Gasteiger partial charge is 0.347 e. The molecule has 0 aliphatic rings. The minimum Gasteiger partial charge on any atom is -0.497 e. The van der Waals surface area contributed by atoms with Gasteiger partial charge in [0.25, 0.3) is 0 Å². The molecule has 0 spiro atoms. The highest BCUT2D eigenvalue weighted by atomic mass is 16.5. The third-order valence-corrected chi connectivity index (χ3v) is 6.86. The van der Waals surface area contributed by atoms with Crippen molar-refractivity contribution >= 4 is 38.6 Å². The molecule has 0 bridgehead atoms. The number of hydrogen-bond acceptors (Lipinski definition) is 5. The van der Waals surface area contributed by atoms with Gasteiger partial charge >= 0.3 is 5.63 Å². The Morgan fingerprint density at radius 2 is 1.82 bits per heavy atom. The van der Waals surface area contributed by atoms with Crippen molar-refractivity contribution in [3.8, 4) is 17.1 Å². The summed E-state index contributed by atoms with van der Waals surface area (Å²) in [6, 6.07) is 21.5. The van der Waals surface area contributed by atoms with Crippen molar-refractivity contribution < 1.29 is 18.4 Å². The molecule has 0 aliphatic carbocycles. The van der Waals surface area contributed by atoms with Crippen molar-refractivity contribution in [2.24, 2.45) is 0 Å². The van der Waals surface area contributed by atoms with E-state index in [-0.39, 0.29) is 12.3 Å². The lowest BCUT2D eigenvalue weighted by atomic mass is 10.0. The summed E-state index contributed by atoms with van der Waals surface area (Å²) >= 11 is 0. The molecule has 190 valence electrons. The van der Waals surface area contributed by atoms with Gasteiger partial charge in [-0.2, -0.15) is 0 Å². The molecule has 2 N–H and O–H groups in total. The van der Waals surface area contributed by atoms with Gasteiger partial charge in [0, 0.05) is 40.8 Å². The highest BCUT2D eigenvalue weighted by Gasteiger charge is 2.22. The summed E-state index contributed by atoms with van der Waals surface area (Å²) in [7, 11) is 1.63. The van der Waals surface area contributed by atoms with Gasteiger partial charge in [0.05, 0.1) is 13.5 Å². The van der Waals surface area contributed by atoms with Crippen LogP contribution in [0, 0.1) is 6.92 Å². The van der Waals surface area contributed by atoms with Crippen molar-refractivity contribution in [3.05, 3.63) is 100 Å². The Hall–Kier alpha value is -4.78. The molecule has 0 saturated heterocycles. The monoisotopic (exact) mass is 506 g/mol. The molecule has 3 heterocycles.